The number of anilines is 2. The van der Waals surface area contributed by atoms with Gasteiger partial charge in [-0.2, -0.15) is 0 Å². The van der Waals surface area contributed by atoms with E-state index in [1.807, 2.05) is 99.8 Å². The van der Waals surface area contributed by atoms with E-state index < -0.39 is 48.5 Å². The van der Waals surface area contributed by atoms with E-state index in [1.54, 1.807) is 0 Å². The number of ether oxygens (including phenoxy) is 4. The van der Waals surface area contributed by atoms with Gasteiger partial charge in [0.15, 0.2) is 0 Å². The first-order chi connectivity index (χ1) is 66.1. The van der Waals surface area contributed by atoms with Gasteiger partial charge in [0.05, 0.1) is 124 Å². The summed E-state index contributed by atoms with van der Waals surface area (Å²) in [6, 6.07) is 50.1. The lowest BCUT2D eigenvalue weighted by Crippen LogP contribution is -2.51. The minimum Gasteiger partial charge on any atom is -0.453 e. The third kappa shape index (κ3) is 21.8. The first kappa shape index (κ1) is 99.2. The number of aromatic amines is 4. The molecular formula is C108H138N18O12. The van der Waals surface area contributed by atoms with Crippen LogP contribution in [0.4, 0.5) is 30.6 Å². The molecule has 12 atom stereocenters. The number of alkyl carbamates (subject to hydrolysis) is 4. The normalized spacial score (nSPS) is 20.4. The van der Waals surface area contributed by atoms with Crippen molar-refractivity contribution in [3.63, 3.8) is 0 Å². The summed E-state index contributed by atoms with van der Waals surface area (Å²) in [7, 11) is 5.20. The van der Waals surface area contributed by atoms with Crippen molar-refractivity contribution in [2.24, 2.45) is 23.7 Å². The average Bonchev–Trinajstić information content (AvgIpc) is 1.61. The van der Waals surface area contributed by atoms with Crippen LogP contribution in [-0.2, 0) is 49.0 Å². The van der Waals surface area contributed by atoms with Crippen molar-refractivity contribution in [3.05, 3.63) is 227 Å². The lowest BCUT2D eigenvalue weighted by atomic mass is 9.87. The Bertz CT molecular complexity index is 5220. The van der Waals surface area contributed by atoms with Crippen LogP contribution in [0.25, 0.3) is 45.0 Å². The molecule has 8 N–H and O–H groups in total. The molecule has 10 heterocycles. The second kappa shape index (κ2) is 42.8. The monoisotopic (exact) mass is 1880 g/mol. The number of carbonyl (C=O) groups is 8. The summed E-state index contributed by atoms with van der Waals surface area (Å²) in [6.07, 6.45) is 15.3. The fourth-order valence-electron chi connectivity index (χ4n) is 20.8. The molecule has 0 saturated carbocycles. The number of imidazole rings is 4. The third-order valence-corrected chi connectivity index (χ3v) is 28.6. The number of carbonyl (C=O) groups excluding carboxylic acids is 8. The maximum atomic E-state index is 13.8. The Morgan fingerprint density at radius 1 is 0.297 bits per heavy atom. The zero-order valence-corrected chi connectivity index (χ0v) is 83.1. The van der Waals surface area contributed by atoms with Crippen molar-refractivity contribution in [3.8, 4) is 45.0 Å². The zero-order valence-electron chi connectivity index (χ0n) is 83.1. The van der Waals surface area contributed by atoms with Crippen LogP contribution in [0.5, 0.6) is 0 Å². The van der Waals surface area contributed by atoms with Gasteiger partial charge in [-0.15, -0.1) is 0 Å². The van der Waals surface area contributed by atoms with E-state index in [0.717, 1.165) is 145 Å². The lowest BCUT2D eigenvalue weighted by molar-refractivity contribution is -0.136. The number of H-pyrrole nitrogens is 4. The van der Waals surface area contributed by atoms with Crippen LogP contribution in [0, 0.1) is 23.7 Å². The number of benzene rings is 6. The maximum Gasteiger partial charge on any atom is 0.407 e. The molecule has 0 aliphatic carbocycles. The quantitative estimate of drug-likeness (QED) is 0.0233. The van der Waals surface area contributed by atoms with Gasteiger partial charge in [-0.25, -0.2) is 39.1 Å². The van der Waals surface area contributed by atoms with Crippen LogP contribution in [0.2, 0.25) is 0 Å². The Balaban J connectivity index is 0.000000209. The van der Waals surface area contributed by atoms with Crippen molar-refractivity contribution < 1.29 is 57.3 Å². The summed E-state index contributed by atoms with van der Waals surface area (Å²) in [4.78, 5) is 149. The molecule has 0 spiro atoms. The zero-order chi connectivity index (χ0) is 98.3. The molecule has 30 nitrogen and oxygen atoms in total. The van der Waals surface area contributed by atoms with Gasteiger partial charge in [0.2, 0.25) is 23.6 Å². The molecule has 30 heteroatoms. The summed E-state index contributed by atoms with van der Waals surface area (Å²) in [6.45, 7) is 31.1. The number of rotatable bonds is 26. The van der Waals surface area contributed by atoms with Gasteiger partial charge in [-0.1, -0.05) is 218 Å². The van der Waals surface area contributed by atoms with E-state index in [9.17, 15) is 38.4 Å². The van der Waals surface area contributed by atoms with Crippen molar-refractivity contribution in [2.45, 2.75) is 257 Å². The minimum absolute atomic E-state index is 0.0284. The Kier molecular flexibility index (Phi) is 30.7. The number of methoxy groups -OCH3 is 4. The molecule has 10 aromatic rings. The largest absolute Gasteiger partial charge is 0.453 e. The van der Waals surface area contributed by atoms with Crippen molar-refractivity contribution in [2.75, 3.05) is 64.4 Å². The Labute approximate surface area is 810 Å². The lowest BCUT2D eigenvalue weighted by Gasteiger charge is -2.34. The van der Waals surface area contributed by atoms with Crippen LogP contribution in [0.1, 0.15) is 279 Å². The fourth-order valence-corrected chi connectivity index (χ4v) is 20.8. The summed E-state index contributed by atoms with van der Waals surface area (Å²) in [5.74, 6) is 1.97. The molecule has 6 saturated heterocycles. The maximum absolute atomic E-state index is 13.8. The van der Waals surface area contributed by atoms with Crippen LogP contribution < -0.4 is 31.1 Å². The Hall–Kier alpha value is -13.3. The smallest absolute Gasteiger partial charge is 0.407 e. The van der Waals surface area contributed by atoms with E-state index >= 15 is 0 Å². The number of aromatic nitrogens is 8. The fraction of sp³-hybridized carbons (Fsp3) is 0.481. The summed E-state index contributed by atoms with van der Waals surface area (Å²) in [5, 5.41) is 10.9. The highest BCUT2D eigenvalue weighted by Crippen LogP contribution is 2.51. The second-order valence-electron chi connectivity index (χ2n) is 41.0. The second-order valence-corrected chi connectivity index (χ2v) is 41.0. The van der Waals surface area contributed by atoms with E-state index in [-0.39, 0.29) is 106 Å². The summed E-state index contributed by atoms with van der Waals surface area (Å²) < 4.78 is 19.2. The SMILES string of the molecule is COC(=O)N[C@H](C(=O)N1CCC[C@H]1c1ncc(-c2ccc([C@@H]3CC[C@@H](c4ccc(-c5cnc([C@@H]6CCCN6C(=O)[C@@H](NC(=O)OC)C(C)C)[nH]5)cc4)N3c3ccc(C(C)(C)C)cc3)cc2)[nH]1)C(C)C.COC(=O)N[C@H](C(=O)N1CCC[C@H]1c1ncc(-c2ccc([C@H]3CC[C@H](c4ccc(-c5cnc([C@@H]6CCCN6C(=O)[C@@H](NC(=O)OC)C(C)C)[nH]5)cc4)N3c3ccc(C(C)(C)C)cc3)cc2)[nH]1)C(C)C. The van der Waals surface area contributed by atoms with Gasteiger partial charge in [0.1, 0.15) is 47.5 Å². The van der Waals surface area contributed by atoms with Gasteiger partial charge in [0, 0.05) is 37.6 Å². The number of nitrogens with one attached hydrogen (secondary N) is 8. The molecule has 6 aliphatic rings. The van der Waals surface area contributed by atoms with Gasteiger partial charge in [0.25, 0.3) is 0 Å². The highest BCUT2D eigenvalue weighted by molar-refractivity contribution is 5.89. The average molecular weight is 1880 g/mol. The number of nitrogens with zero attached hydrogens (tertiary/aromatic N) is 10. The van der Waals surface area contributed by atoms with E-state index in [4.69, 9.17) is 38.9 Å². The predicted molar refractivity (Wildman–Crippen MR) is 532 cm³/mol. The summed E-state index contributed by atoms with van der Waals surface area (Å²) >= 11 is 0. The molecule has 0 radical (unpaired) electrons. The third-order valence-electron chi connectivity index (χ3n) is 28.6. The number of amides is 8. The minimum atomic E-state index is -0.695. The number of hydrogen-bond donors (Lipinski definition) is 8. The molecular weight excluding hydrogens is 1740 g/mol. The van der Waals surface area contributed by atoms with Crippen LogP contribution in [0.3, 0.4) is 0 Å². The standard InChI is InChI=1S/2C54H69N9O6/c2*1-32(2)46(59-52(66)68-8)50(64)61-28-10-12-44(61)48-55-30-40(57-48)34-14-18-36(19-15-34)42-26-27-43(63(42)39-24-22-38(23-25-39)54(5,6)7)37-20-16-35(17-21-37)41-31-56-49(58-41)45-13-11-29-62(45)51(65)47(33(3)4)60-53(67)69-9/h2*14-25,30-33,42-47H,10-13,26-29H2,1-9H3,(H,55,57)(H,56,58)(H,59,66)(H,60,67)/t42-,43-,44+,45+,46+,47+;42-,43-,44-,45-,46-,47-/m10/s1. The highest BCUT2D eigenvalue weighted by atomic mass is 16.6. The first-order valence-electron chi connectivity index (χ1n) is 49.1. The van der Waals surface area contributed by atoms with Gasteiger partial charge in [-0.3, -0.25) is 19.2 Å². The first-order valence-corrected chi connectivity index (χ1v) is 49.1. The Morgan fingerprint density at radius 2 is 0.500 bits per heavy atom. The predicted octanol–water partition coefficient (Wildman–Crippen LogP) is 19.9. The van der Waals surface area contributed by atoms with Crippen molar-refractivity contribution >= 4 is 59.4 Å². The molecule has 8 amide bonds. The van der Waals surface area contributed by atoms with E-state index in [1.165, 1.54) is 73.2 Å². The highest BCUT2D eigenvalue weighted by Gasteiger charge is 2.45. The molecule has 4 aromatic heterocycles. The van der Waals surface area contributed by atoms with Crippen molar-refractivity contribution in [1.29, 1.82) is 0 Å². The van der Waals surface area contributed by atoms with E-state index in [0.29, 0.717) is 26.2 Å². The molecule has 6 fully saturated rings. The molecule has 0 bridgehead atoms. The molecule has 16 rings (SSSR count). The van der Waals surface area contributed by atoms with Gasteiger partial charge < -0.3 is 89.5 Å². The van der Waals surface area contributed by atoms with Crippen molar-refractivity contribution in [1.82, 2.24) is 80.7 Å². The molecule has 6 aliphatic heterocycles. The van der Waals surface area contributed by atoms with Crippen LogP contribution >= 0.6 is 0 Å². The number of likely N-dealkylation sites (tertiary alicyclic amines) is 4. The van der Waals surface area contributed by atoms with Crippen LogP contribution in [-0.4, -0.2) is 186 Å². The number of hydrogen-bond acceptors (Lipinski definition) is 18. The molecule has 6 aromatic carbocycles. The Morgan fingerprint density at radius 3 is 0.681 bits per heavy atom. The molecule has 0 unspecified atom stereocenters. The summed E-state index contributed by atoms with van der Waals surface area (Å²) in [5.41, 5.74) is 17.5. The molecule has 732 valence electrons. The van der Waals surface area contributed by atoms with Crippen LogP contribution in [0.15, 0.2) is 170 Å². The topological polar surface area (TPSA) is 356 Å². The van der Waals surface area contributed by atoms with Gasteiger partial charge in [-0.05, 0) is 191 Å². The van der Waals surface area contributed by atoms with E-state index in [2.05, 4.69) is 238 Å². The van der Waals surface area contributed by atoms with Gasteiger partial charge >= 0.3 is 24.4 Å². The molecule has 138 heavy (non-hydrogen) atoms.